The molecule has 0 aliphatic heterocycles. The molecule has 2 rings (SSSR count). The van der Waals surface area contributed by atoms with Crippen molar-refractivity contribution < 1.29 is 4.74 Å². The van der Waals surface area contributed by atoms with Crippen LogP contribution in [0.3, 0.4) is 0 Å². The molecule has 1 aromatic rings. The van der Waals surface area contributed by atoms with Gasteiger partial charge in [-0.15, -0.1) is 0 Å². The number of nitrogens with two attached hydrogens (primary N) is 1. The number of para-hydroxylation sites is 1. The van der Waals surface area contributed by atoms with Crippen molar-refractivity contribution in [3.8, 4) is 5.75 Å². The van der Waals surface area contributed by atoms with Crippen LogP contribution in [0.4, 0.5) is 0 Å². The lowest BCUT2D eigenvalue weighted by molar-refractivity contribution is 0.130. The Bertz CT molecular complexity index is 377. The molecule has 1 fully saturated rings. The van der Waals surface area contributed by atoms with Crippen LogP contribution in [-0.4, -0.2) is 12.1 Å². The number of hydrogen-bond acceptors (Lipinski definition) is 2. The molecule has 1 aliphatic carbocycles. The molecule has 0 radical (unpaired) electrons. The molecule has 2 heteroatoms. The maximum Gasteiger partial charge on any atom is 0.123 e. The Labute approximate surface area is 111 Å². The van der Waals surface area contributed by atoms with E-state index < -0.39 is 0 Å². The summed E-state index contributed by atoms with van der Waals surface area (Å²) >= 11 is 0. The summed E-state index contributed by atoms with van der Waals surface area (Å²) in [5.41, 5.74) is 7.48. The van der Waals surface area contributed by atoms with Gasteiger partial charge in [0.2, 0.25) is 0 Å². The second-order valence-electron chi connectivity index (χ2n) is 5.45. The molecule has 0 aromatic heterocycles. The van der Waals surface area contributed by atoms with Crippen LogP contribution >= 0.6 is 0 Å². The predicted octanol–water partition coefficient (Wildman–Crippen LogP) is 3.85. The van der Waals surface area contributed by atoms with Crippen molar-refractivity contribution in [3.63, 3.8) is 0 Å². The molecule has 0 saturated heterocycles. The maximum atomic E-state index is 6.20. The van der Waals surface area contributed by atoms with Crippen LogP contribution in [0.1, 0.15) is 57.4 Å². The highest BCUT2D eigenvalue weighted by atomic mass is 16.5. The Morgan fingerprint density at radius 3 is 2.72 bits per heavy atom. The van der Waals surface area contributed by atoms with Crippen molar-refractivity contribution in [1.82, 2.24) is 0 Å². The zero-order valence-electron chi connectivity index (χ0n) is 11.6. The maximum absolute atomic E-state index is 6.20. The van der Waals surface area contributed by atoms with Crippen LogP contribution in [0.2, 0.25) is 0 Å². The van der Waals surface area contributed by atoms with E-state index in [1.165, 1.54) is 18.4 Å². The minimum absolute atomic E-state index is 0.198. The number of rotatable bonds is 4. The van der Waals surface area contributed by atoms with Gasteiger partial charge in [0.25, 0.3) is 0 Å². The second-order valence-corrected chi connectivity index (χ2v) is 5.45. The molecule has 3 unspecified atom stereocenters. The average Bonchev–Trinajstić information content (AvgIpc) is 2.41. The van der Waals surface area contributed by atoms with Gasteiger partial charge in [0, 0.05) is 6.04 Å². The Morgan fingerprint density at radius 2 is 2.00 bits per heavy atom. The smallest absolute Gasteiger partial charge is 0.123 e. The van der Waals surface area contributed by atoms with Crippen LogP contribution < -0.4 is 10.5 Å². The molecule has 2 nitrogen and oxygen atoms in total. The van der Waals surface area contributed by atoms with Gasteiger partial charge < -0.3 is 10.5 Å². The summed E-state index contributed by atoms with van der Waals surface area (Å²) in [6.45, 7) is 4.47. The molecule has 0 spiro atoms. The third-order valence-electron chi connectivity index (χ3n) is 4.09. The molecular formula is C16H25NO. The summed E-state index contributed by atoms with van der Waals surface area (Å²) in [4.78, 5) is 0. The van der Waals surface area contributed by atoms with E-state index in [1.807, 2.05) is 0 Å². The van der Waals surface area contributed by atoms with Crippen LogP contribution in [-0.2, 0) is 0 Å². The van der Waals surface area contributed by atoms with Crippen molar-refractivity contribution in [1.29, 1.82) is 0 Å². The molecule has 0 heterocycles. The van der Waals surface area contributed by atoms with E-state index in [9.17, 15) is 0 Å². The molecule has 0 amide bonds. The van der Waals surface area contributed by atoms with Crippen LogP contribution in [0.25, 0.3) is 0 Å². The molecule has 0 bridgehead atoms. The molecular weight excluding hydrogens is 222 g/mol. The molecule has 1 aliphatic rings. The van der Waals surface area contributed by atoms with Crippen molar-refractivity contribution in [2.24, 2.45) is 5.73 Å². The van der Waals surface area contributed by atoms with E-state index in [4.69, 9.17) is 10.5 Å². The van der Waals surface area contributed by atoms with E-state index in [1.54, 1.807) is 0 Å². The fourth-order valence-corrected chi connectivity index (χ4v) is 2.65. The van der Waals surface area contributed by atoms with Gasteiger partial charge >= 0.3 is 0 Å². The zero-order valence-corrected chi connectivity index (χ0v) is 11.6. The molecule has 1 aromatic carbocycles. The standard InChI is InChI=1S/C16H25NO/c1-3-12(2)13-8-4-6-10-15(13)18-16-11-7-5-9-14(16)17/h4,6,8,10,12,14,16H,3,5,7,9,11,17H2,1-2H3. The Morgan fingerprint density at radius 1 is 1.28 bits per heavy atom. The minimum Gasteiger partial charge on any atom is -0.489 e. The number of hydrogen-bond donors (Lipinski definition) is 1. The normalized spacial score (nSPS) is 25.7. The Kier molecular flexibility index (Phi) is 4.65. The minimum atomic E-state index is 0.198. The highest BCUT2D eigenvalue weighted by Crippen LogP contribution is 2.31. The molecule has 100 valence electrons. The van der Waals surface area contributed by atoms with Crippen LogP contribution in [0.15, 0.2) is 24.3 Å². The summed E-state index contributed by atoms with van der Waals surface area (Å²) in [5.74, 6) is 1.58. The zero-order chi connectivity index (χ0) is 13.0. The third kappa shape index (κ3) is 3.05. The highest BCUT2D eigenvalue weighted by Gasteiger charge is 2.24. The summed E-state index contributed by atoms with van der Waals surface area (Å²) < 4.78 is 6.20. The van der Waals surface area contributed by atoms with E-state index >= 15 is 0 Å². The van der Waals surface area contributed by atoms with Crippen molar-refractivity contribution in [3.05, 3.63) is 29.8 Å². The van der Waals surface area contributed by atoms with Gasteiger partial charge in [0.05, 0.1) is 0 Å². The summed E-state index contributed by atoms with van der Waals surface area (Å²) in [6.07, 6.45) is 6.00. The monoisotopic (exact) mass is 247 g/mol. The van der Waals surface area contributed by atoms with Crippen molar-refractivity contribution in [2.75, 3.05) is 0 Å². The molecule has 3 atom stereocenters. The Hall–Kier alpha value is -1.02. The summed E-state index contributed by atoms with van der Waals surface area (Å²) in [6, 6.07) is 8.61. The van der Waals surface area contributed by atoms with Gasteiger partial charge in [0.1, 0.15) is 11.9 Å². The molecule has 18 heavy (non-hydrogen) atoms. The first-order valence-corrected chi connectivity index (χ1v) is 7.23. The van der Waals surface area contributed by atoms with Gasteiger partial charge in [-0.25, -0.2) is 0 Å². The van der Waals surface area contributed by atoms with Crippen molar-refractivity contribution in [2.45, 2.75) is 64.0 Å². The lowest BCUT2D eigenvalue weighted by Gasteiger charge is -2.30. The average molecular weight is 247 g/mol. The van der Waals surface area contributed by atoms with Gasteiger partial charge in [-0.3, -0.25) is 0 Å². The van der Waals surface area contributed by atoms with Crippen molar-refractivity contribution >= 4 is 0 Å². The third-order valence-corrected chi connectivity index (χ3v) is 4.09. The summed E-state index contributed by atoms with van der Waals surface area (Å²) in [5, 5.41) is 0. The Balaban J connectivity index is 2.12. The fraction of sp³-hybridized carbons (Fsp3) is 0.625. The first-order chi connectivity index (χ1) is 8.72. The van der Waals surface area contributed by atoms with E-state index in [0.29, 0.717) is 5.92 Å². The lowest BCUT2D eigenvalue weighted by Crippen LogP contribution is -2.41. The van der Waals surface area contributed by atoms with Gasteiger partial charge in [-0.2, -0.15) is 0 Å². The first kappa shape index (κ1) is 13.4. The van der Waals surface area contributed by atoms with Crippen LogP contribution in [0.5, 0.6) is 5.75 Å². The topological polar surface area (TPSA) is 35.2 Å². The highest BCUT2D eigenvalue weighted by molar-refractivity contribution is 5.36. The van der Waals surface area contributed by atoms with E-state index in [2.05, 4.69) is 38.1 Å². The van der Waals surface area contributed by atoms with Gasteiger partial charge in [0.15, 0.2) is 0 Å². The lowest BCUT2D eigenvalue weighted by atomic mass is 9.92. The first-order valence-electron chi connectivity index (χ1n) is 7.23. The fourth-order valence-electron chi connectivity index (χ4n) is 2.65. The van der Waals surface area contributed by atoms with E-state index in [-0.39, 0.29) is 12.1 Å². The largest absolute Gasteiger partial charge is 0.489 e. The van der Waals surface area contributed by atoms with Crippen LogP contribution in [0, 0.1) is 0 Å². The number of ether oxygens (including phenoxy) is 1. The second kappa shape index (κ2) is 6.24. The summed E-state index contributed by atoms with van der Waals surface area (Å²) in [7, 11) is 0. The molecule has 2 N–H and O–H groups in total. The van der Waals surface area contributed by atoms with E-state index in [0.717, 1.165) is 25.0 Å². The van der Waals surface area contributed by atoms with Gasteiger partial charge in [-0.1, -0.05) is 38.5 Å². The molecule has 1 saturated carbocycles. The number of benzene rings is 1. The SMILES string of the molecule is CCC(C)c1ccccc1OC1CCCCC1N. The quantitative estimate of drug-likeness (QED) is 0.877. The predicted molar refractivity (Wildman–Crippen MR) is 76.0 cm³/mol. The van der Waals surface area contributed by atoms with Gasteiger partial charge in [-0.05, 0) is 43.2 Å².